The van der Waals surface area contributed by atoms with Crippen LogP contribution in [0.5, 0.6) is 0 Å². The van der Waals surface area contributed by atoms with Crippen LogP contribution in [-0.2, 0) is 34.6 Å². The van der Waals surface area contributed by atoms with Gasteiger partial charge in [0.15, 0.2) is 5.69 Å². The first kappa shape index (κ1) is 26.7. The van der Waals surface area contributed by atoms with Gasteiger partial charge in [0.25, 0.3) is 0 Å². The molecule has 4 rings (SSSR count). The number of carbonyl (C=O) groups is 1. The number of aromatic nitrogens is 3. The molecule has 1 saturated heterocycles. The van der Waals surface area contributed by atoms with E-state index in [1.807, 2.05) is 0 Å². The van der Waals surface area contributed by atoms with Gasteiger partial charge in [0, 0.05) is 25.2 Å². The Morgan fingerprint density at radius 3 is 2.43 bits per heavy atom. The van der Waals surface area contributed by atoms with E-state index in [-0.39, 0.29) is 34.8 Å². The first-order valence-electron chi connectivity index (χ1n) is 11.1. The van der Waals surface area contributed by atoms with Crippen molar-refractivity contribution in [3.8, 4) is 11.4 Å². The number of nitrogens with one attached hydrogen (secondary N) is 1. The van der Waals surface area contributed by atoms with E-state index in [1.165, 1.54) is 13.1 Å². The summed E-state index contributed by atoms with van der Waals surface area (Å²) in [5.41, 5.74) is -1.21. The summed E-state index contributed by atoms with van der Waals surface area (Å²) in [5.74, 6) is -2.09. The van der Waals surface area contributed by atoms with Gasteiger partial charge in [-0.15, -0.1) is 0 Å². The summed E-state index contributed by atoms with van der Waals surface area (Å²) in [6, 6.07) is 4.61. The standard InChI is InChI=1S/C23H22F5N5O3S/c1-13-3-8-19(33(13)37(35,36)16-6-4-15(24)5-7-16)22(34)30-11-14-9-18(29-12-17(14)25)20-10-21(23(26,27)28)31-32(20)2/h4-7,9-10,12-13,19H,3,8,11H2,1-2H3,(H,30,34)/t13-,19-/m0/s1. The van der Waals surface area contributed by atoms with Crippen LogP contribution in [0.4, 0.5) is 22.0 Å². The predicted molar refractivity (Wildman–Crippen MR) is 121 cm³/mol. The van der Waals surface area contributed by atoms with Gasteiger partial charge in [0.05, 0.1) is 22.5 Å². The minimum absolute atomic E-state index is 0.00570. The normalized spacial score (nSPS) is 18.8. The van der Waals surface area contributed by atoms with Crippen LogP contribution >= 0.6 is 0 Å². The van der Waals surface area contributed by atoms with Gasteiger partial charge in [0.1, 0.15) is 17.7 Å². The SMILES string of the molecule is C[C@H]1CC[C@@H](C(=O)NCc2cc(-c3cc(C(F)(F)F)nn3C)ncc2F)N1S(=O)(=O)c1ccc(F)cc1. The zero-order chi connectivity index (χ0) is 27.1. The van der Waals surface area contributed by atoms with Gasteiger partial charge >= 0.3 is 6.18 Å². The van der Waals surface area contributed by atoms with Crippen molar-refractivity contribution >= 4 is 15.9 Å². The van der Waals surface area contributed by atoms with E-state index in [0.29, 0.717) is 6.42 Å². The van der Waals surface area contributed by atoms with Crippen LogP contribution in [0.15, 0.2) is 47.5 Å². The van der Waals surface area contributed by atoms with Crippen LogP contribution in [0.2, 0.25) is 0 Å². The summed E-state index contributed by atoms with van der Waals surface area (Å²) in [6.07, 6.45) is -3.24. The van der Waals surface area contributed by atoms with Crippen molar-refractivity contribution < 1.29 is 35.2 Å². The molecule has 1 fully saturated rings. The predicted octanol–water partition coefficient (Wildman–Crippen LogP) is 3.64. The first-order valence-corrected chi connectivity index (χ1v) is 12.6. The molecule has 0 saturated carbocycles. The fourth-order valence-electron chi connectivity index (χ4n) is 4.24. The van der Waals surface area contributed by atoms with Crippen LogP contribution in [0, 0.1) is 11.6 Å². The van der Waals surface area contributed by atoms with E-state index in [4.69, 9.17) is 0 Å². The summed E-state index contributed by atoms with van der Waals surface area (Å²) in [5, 5.41) is 5.92. The Morgan fingerprint density at radius 2 is 1.81 bits per heavy atom. The summed E-state index contributed by atoms with van der Waals surface area (Å²) >= 11 is 0. The second-order valence-corrected chi connectivity index (χ2v) is 10.5. The Labute approximate surface area is 209 Å². The molecular formula is C23H22F5N5O3S. The molecule has 2 atom stereocenters. The molecule has 1 aromatic carbocycles. The number of halogens is 5. The number of nitrogens with zero attached hydrogens (tertiary/aromatic N) is 4. The Morgan fingerprint density at radius 1 is 1.14 bits per heavy atom. The molecule has 0 radical (unpaired) electrons. The molecular weight excluding hydrogens is 521 g/mol. The fraction of sp³-hybridized carbons (Fsp3) is 0.348. The maximum atomic E-state index is 14.4. The van der Waals surface area contributed by atoms with Crippen LogP contribution in [0.3, 0.4) is 0 Å². The van der Waals surface area contributed by atoms with E-state index in [9.17, 15) is 35.2 Å². The highest BCUT2D eigenvalue weighted by molar-refractivity contribution is 7.89. The number of aryl methyl sites for hydroxylation is 1. The van der Waals surface area contributed by atoms with Crippen LogP contribution < -0.4 is 5.32 Å². The van der Waals surface area contributed by atoms with Gasteiger partial charge in [-0.3, -0.25) is 14.5 Å². The third kappa shape index (κ3) is 5.34. The number of carbonyl (C=O) groups excluding carboxylic acids is 1. The molecule has 37 heavy (non-hydrogen) atoms. The Balaban J connectivity index is 1.53. The van der Waals surface area contributed by atoms with Crippen molar-refractivity contribution in [1.29, 1.82) is 0 Å². The van der Waals surface area contributed by atoms with Gasteiger partial charge < -0.3 is 5.32 Å². The number of amides is 1. The fourth-order valence-corrected chi connectivity index (χ4v) is 6.08. The quantitative estimate of drug-likeness (QED) is 0.479. The minimum atomic E-state index is -4.68. The molecule has 3 heterocycles. The largest absolute Gasteiger partial charge is 0.435 e. The Kier molecular flexibility index (Phi) is 7.08. The van der Waals surface area contributed by atoms with Gasteiger partial charge in [-0.1, -0.05) is 0 Å². The van der Waals surface area contributed by atoms with E-state index >= 15 is 0 Å². The molecule has 2 aromatic heterocycles. The smallest absolute Gasteiger partial charge is 0.351 e. The van der Waals surface area contributed by atoms with E-state index in [1.54, 1.807) is 6.92 Å². The maximum absolute atomic E-state index is 14.4. The number of sulfonamides is 1. The first-order chi connectivity index (χ1) is 17.3. The van der Waals surface area contributed by atoms with Crippen LogP contribution in [-0.4, -0.2) is 45.5 Å². The van der Waals surface area contributed by atoms with E-state index in [2.05, 4.69) is 15.4 Å². The Bertz CT molecular complexity index is 1420. The molecule has 0 unspecified atom stereocenters. The molecule has 1 aliphatic heterocycles. The lowest BCUT2D eigenvalue weighted by atomic mass is 10.1. The molecule has 1 amide bonds. The molecule has 1 N–H and O–H groups in total. The molecule has 198 valence electrons. The molecule has 14 heteroatoms. The maximum Gasteiger partial charge on any atom is 0.435 e. The lowest BCUT2D eigenvalue weighted by Gasteiger charge is -2.27. The number of alkyl halides is 3. The summed E-state index contributed by atoms with van der Waals surface area (Å²) in [6.45, 7) is 1.28. The third-order valence-corrected chi connectivity index (χ3v) is 8.15. The summed E-state index contributed by atoms with van der Waals surface area (Å²) < 4.78 is 95.1. The van der Waals surface area contributed by atoms with Gasteiger partial charge in [-0.25, -0.2) is 17.2 Å². The average molecular weight is 544 g/mol. The molecule has 3 aromatic rings. The van der Waals surface area contributed by atoms with Gasteiger partial charge in [-0.05, 0) is 56.2 Å². The number of pyridine rings is 1. The monoisotopic (exact) mass is 543 g/mol. The highest BCUT2D eigenvalue weighted by atomic mass is 32.2. The molecule has 0 spiro atoms. The molecule has 0 bridgehead atoms. The summed E-state index contributed by atoms with van der Waals surface area (Å²) in [7, 11) is -2.84. The van der Waals surface area contributed by atoms with Gasteiger partial charge in [-0.2, -0.15) is 22.6 Å². The highest BCUT2D eigenvalue weighted by Crippen LogP contribution is 2.32. The second kappa shape index (κ2) is 9.82. The minimum Gasteiger partial charge on any atom is -0.351 e. The third-order valence-electron chi connectivity index (χ3n) is 6.11. The van der Waals surface area contributed by atoms with Crippen molar-refractivity contribution in [3.05, 3.63) is 65.5 Å². The van der Waals surface area contributed by atoms with Crippen molar-refractivity contribution in [2.24, 2.45) is 7.05 Å². The number of hydrogen-bond acceptors (Lipinski definition) is 5. The molecule has 8 nitrogen and oxygen atoms in total. The summed E-state index contributed by atoms with van der Waals surface area (Å²) in [4.78, 5) is 16.7. The topological polar surface area (TPSA) is 97.2 Å². The zero-order valence-corrected chi connectivity index (χ0v) is 20.4. The highest BCUT2D eigenvalue weighted by Gasteiger charge is 2.43. The lowest BCUT2D eigenvalue weighted by molar-refractivity contribution is -0.141. The van der Waals surface area contributed by atoms with Crippen molar-refractivity contribution in [2.45, 2.75) is 49.5 Å². The van der Waals surface area contributed by atoms with Crippen LogP contribution in [0.25, 0.3) is 11.4 Å². The number of hydrogen-bond donors (Lipinski definition) is 1. The van der Waals surface area contributed by atoms with Gasteiger partial charge in [0.2, 0.25) is 15.9 Å². The van der Waals surface area contributed by atoms with Crippen molar-refractivity contribution in [2.75, 3.05) is 0 Å². The van der Waals surface area contributed by atoms with Crippen molar-refractivity contribution in [3.63, 3.8) is 0 Å². The van der Waals surface area contributed by atoms with E-state index in [0.717, 1.165) is 45.5 Å². The number of rotatable bonds is 6. The second-order valence-electron chi connectivity index (χ2n) is 8.65. The lowest BCUT2D eigenvalue weighted by Crippen LogP contribution is -2.48. The van der Waals surface area contributed by atoms with E-state index < -0.39 is 51.5 Å². The molecule has 1 aliphatic rings. The average Bonchev–Trinajstić information content (AvgIpc) is 3.42. The molecule has 0 aliphatic carbocycles. The number of benzene rings is 1. The van der Waals surface area contributed by atoms with Crippen LogP contribution in [0.1, 0.15) is 31.0 Å². The van der Waals surface area contributed by atoms with Crippen molar-refractivity contribution in [1.82, 2.24) is 24.4 Å². The Hall–Kier alpha value is -3.39. The zero-order valence-electron chi connectivity index (χ0n) is 19.6.